The highest BCUT2D eigenvalue weighted by atomic mass is 19.4. The first-order valence-electron chi connectivity index (χ1n) is 10.8. The molecular formula is C24H23F3N2O5. The molecule has 0 bridgehead atoms. The molecule has 7 nitrogen and oxygen atoms in total. The quantitative estimate of drug-likeness (QED) is 0.662. The lowest BCUT2D eigenvalue weighted by atomic mass is 9.98. The largest absolute Gasteiger partial charge is 0.481 e. The van der Waals surface area contributed by atoms with Gasteiger partial charge in [-0.1, -0.05) is 48.5 Å². The van der Waals surface area contributed by atoms with E-state index in [0.29, 0.717) is 0 Å². The Labute approximate surface area is 193 Å². The van der Waals surface area contributed by atoms with Crippen molar-refractivity contribution < 1.29 is 37.4 Å². The third kappa shape index (κ3) is 5.00. The Bertz CT molecular complexity index is 1060. The molecular weight excluding hydrogens is 453 g/mol. The van der Waals surface area contributed by atoms with E-state index >= 15 is 0 Å². The molecule has 2 aromatic rings. The molecule has 180 valence electrons. The number of carbonyl (C=O) groups is 3. The number of alkyl halides is 3. The maximum Gasteiger partial charge on any atom is 0.407 e. The van der Waals surface area contributed by atoms with Crippen LogP contribution in [0.15, 0.2) is 48.5 Å². The molecule has 1 aliphatic heterocycles. The Kier molecular flexibility index (Phi) is 6.49. The van der Waals surface area contributed by atoms with Crippen LogP contribution in [0.25, 0.3) is 11.1 Å². The number of carboxylic acid groups (broad SMARTS) is 1. The third-order valence-electron chi connectivity index (χ3n) is 6.22. The topological polar surface area (TPSA) is 95.9 Å². The Balaban J connectivity index is 1.43. The molecule has 1 saturated heterocycles. The van der Waals surface area contributed by atoms with Gasteiger partial charge in [-0.25, -0.2) is 4.79 Å². The number of nitrogens with zero attached hydrogens (tertiary/aromatic N) is 1. The second kappa shape index (κ2) is 9.36. The van der Waals surface area contributed by atoms with E-state index in [4.69, 9.17) is 9.84 Å². The summed E-state index contributed by atoms with van der Waals surface area (Å²) in [6.45, 7) is -0.303. The molecule has 1 heterocycles. The van der Waals surface area contributed by atoms with Gasteiger partial charge in [0.05, 0.1) is 12.3 Å². The van der Waals surface area contributed by atoms with E-state index in [1.807, 2.05) is 53.8 Å². The molecule has 0 aromatic heterocycles. The summed E-state index contributed by atoms with van der Waals surface area (Å²) in [7, 11) is 0. The van der Waals surface area contributed by atoms with Crippen LogP contribution in [0.2, 0.25) is 0 Å². The molecule has 2 atom stereocenters. The predicted octanol–water partition coefficient (Wildman–Crippen LogP) is 3.78. The molecule has 2 amide bonds. The van der Waals surface area contributed by atoms with E-state index in [1.54, 1.807) is 0 Å². The molecule has 2 unspecified atom stereocenters. The molecule has 1 fully saturated rings. The van der Waals surface area contributed by atoms with Gasteiger partial charge in [-0.3, -0.25) is 9.59 Å². The van der Waals surface area contributed by atoms with Crippen LogP contribution in [-0.4, -0.2) is 59.9 Å². The number of carboxylic acids is 1. The molecule has 0 spiro atoms. The van der Waals surface area contributed by atoms with E-state index in [2.05, 4.69) is 0 Å². The van der Waals surface area contributed by atoms with Crippen LogP contribution < -0.4 is 5.32 Å². The van der Waals surface area contributed by atoms with Crippen LogP contribution in [0.3, 0.4) is 0 Å². The number of amides is 2. The van der Waals surface area contributed by atoms with E-state index in [9.17, 15) is 27.6 Å². The number of nitrogens with one attached hydrogen (secondary N) is 1. The maximum atomic E-state index is 13.1. The van der Waals surface area contributed by atoms with Crippen molar-refractivity contribution in [3.63, 3.8) is 0 Å². The number of fused-ring (bicyclic) bond motifs is 3. The van der Waals surface area contributed by atoms with Gasteiger partial charge in [-0.15, -0.1) is 0 Å². The Morgan fingerprint density at radius 2 is 1.65 bits per heavy atom. The monoisotopic (exact) mass is 476 g/mol. The fraction of sp³-hybridized carbons (Fsp3) is 0.375. The van der Waals surface area contributed by atoms with Crippen LogP contribution in [0.4, 0.5) is 18.0 Å². The SMILES string of the molecule is O=C(NC(CC(F)(F)F)C(=O)N1CCC(C(=O)O)C1)OCC1c2ccccc2-c2ccccc21. The Morgan fingerprint density at radius 1 is 1.06 bits per heavy atom. The normalized spacial score (nSPS) is 18.2. The summed E-state index contributed by atoms with van der Waals surface area (Å²) >= 11 is 0. The van der Waals surface area contributed by atoms with Crippen LogP contribution in [0.5, 0.6) is 0 Å². The minimum atomic E-state index is -4.72. The fourth-order valence-electron chi connectivity index (χ4n) is 4.60. The van der Waals surface area contributed by atoms with Crippen molar-refractivity contribution in [1.82, 2.24) is 10.2 Å². The minimum Gasteiger partial charge on any atom is -0.481 e. The maximum absolute atomic E-state index is 13.1. The highest BCUT2D eigenvalue weighted by Crippen LogP contribution is 2.44. The molecule has 0 radical (unpaired) electrons. The zero-order chi connectivity index (χ0) is 24.5. The molecule has 10 heteroatoms. The second-order valence-corrected chi connectivity index (χ2v) is 8.45. The number of hydrogen-bond donors (Lipinski definition) is 2. The number of aliphatic carboxylic acids is 1. The van der Waals surface area contributed by atoms with E-state index in [-0.39, 0.29) is 32.0 Å². The first kappa shape index (κ1) is 23.6. The summed E-state index contributed by atoms with van der Waals surface area (Å²) in [4.78, 5) is 37.3. The summed E-state index contributed by atoms with van der Waals surface area (Å²) in [6, 6.07) is 13.3. The van der Waals surface area contributed by atoms with Gasteiger partial charge in [0.15, 0.2) is 0 Å². The van der Waals surface area contributed by atoms with Crippen molar-refractivity contribution in [3.05, 3.63) is 59.7 Å². The molecule has 2 aromatic carbocycles. The van der Waals surface area contributed by atoms with Crippen LogP contribution in [0.1, 0.15) is 29.9 Å². The van der Waals surface area contributed by atoms with E-state index in [1.165, 1.54) is 0 Å². The number of carbonyl (C=O) groups excluding carboxylic acids is 2. The number of rotatable bonds is 6. The zero-order valence-corrected chi connectivity index (χ0v) is 18.0. The van der Waals surface area contributed by atoms with Crippen LogP contribution >= 0.6 is 0 Å². The molecule has 4 rings (SSSR count). The van der Waals surface area contributed by atoms with Crippen molar-refractivity contribution in [2.45, 2.75) is 31.0 Å². The summed E-state index contributed by atoms with van der Waals surface area (Å²) in [5.74, 6) is -3.23. The van der Waals surface area contributed by atoms with Crippen molar-refractivity contribution in [3.8, 4) is 11.1 Å². The lowest BCUT2D eigenvalue weighted by Crippen LogP contribution is -2.50. The number of likely N-dealkylation sites (tertiary alicyclic amines) is 1. The summed E-state index contributed by atoms with van der Waals surface area (Å²) in [6.07, 6.45) is -7.30. The van der Waals surface area contributed by atoms with E-state index in [0.717, 1.165) is 27.2 Å². The number of alkyl carbamates (subject to hydrolysis) is 1. The number of hydrogen-bond acceptors (Lipinski definition) is 4. The van der Waals surface area contributed by atoms with Gasteiger partial charge in [0.2, 0.25) is 5.91 Å². The predicted molar refractivity (Wildman–Crippen MR) is 115 cm³/mol. The van der Waals surface area contributed by atoms with E-state index < -0.39 is 42.5 Å². The van der Waals surface area contributed by atoms with Gasteiger partial charge in [-0.2, -0.15) is 13.2 Å². The fourth-order valence-corrected chi connectivity index (χ4v) is 4.60. The van der Waals surface area contributed by atoms with Gasteiger partial charge in [0.1, 0.15) is 12.6 Å². The van der Waals surface area contributed by atoms with Crippen molar-refractivity contribution >= 4 is 18.0 Å². The molecule has 2 N–H and O–H groups in total. The van der Waals surface area contributed by atoms with Crippen molar-refractivity contribution in [1.29, 1.82) is 0 Å². The van der Waals surface area contributed by atoms with Gasteiger partial charge in [0, 0.05) is 19.0 Å². The third-order valence-corrected chi connectivity index (χ3v) is 6.22. The zero-order valence-electron chi connectivity index (χ0n) is 18.0. The second-order valence-electron chi connectivity index (χ2n) is 8.45. The standard InChI is InChI=1S/C24H23F3N2O5/c25-24(26,27)11-20(21(30)29-10-9-14(12-29)22(31)32)28-23(33)34-13-19-17-7-3-1-5-15(17)16-6-2-4-8-18(16)19/h1-8,14,19-20H,9-13H2,(H,28,33)(H,31,32). The first-order valence-corrected chi connectivity index (χ1v) is 10.8. The molecule has 0 saturated carbocycles. The van der Waals surface area contributed by atoms with Gasteiger partial charge < -0.3 is 20.1 Å². The van der Waals surface area contributed by atoms with Crippen molar-refractivity contribution in [2.75, 3.05) is 19.7 Å². The molecule has 34 heavy (non-hydrogen) atoms. The summed E-state index contributed by atoms with van der Waals surface area (Å²) in [5.41, 5.74) is 3.88. The highest BCUT2D eigenvalue weighted by molar-refractivity contribution is 5.87. The van der Waals surface area contributed by atoms with Gasteiger partial charge in [-0.05, 0) is 28.7 Å². The van der Waals surface area contributed by atoms with Crippen LogP contribution in [0, 0.1) is 5.92 Å². The average Bonchev–Trinajstić information content (AvgIpc) is 3.40. The highest BCUT2D eigenvalue weighted by Gasteiger charge is 2.41. The number of halogens is 3. The first-order chi connectivity index (χ1) is 16.1. The van der Waals surface area contributed by atoms with Gasteiger partial charge >= 0.3 is 18.2 Å². The number of ether oxygens (including phenoxy) is 1. The molecule has 1 aliphatic carbocycles. The minimum absolute atomic E-state index is 0.0104. The van der Waals surface area contributed by atoms with Gasteiger partial charge in [0.25, 0.3) is 0 Å². The summed E-state index contributed by atoms with van der Waals surface area (Å²) < 4.78 is 44.6. The Hall–Kier alpha value is -3.56. The Morgan fingerprint density at radius 3 is 2.18 bits per heavy atom. The summed E-state index contributed by atoms with van der Waals surface area (Å²) in [5, 5.41) is 11.1. The smallest absolute Gasteiger partial charge is 0.407 e. The molecule has 2 aliphatic rings. The van der Waals surface area contributed by atoms with Crippen molar-refractivity contribution in [2.24, 2.45) is 5.92 Å². The van der Waals surface area contributed by atoms with Crippen LogP contribution in [-0.2, 0) is 14.3 Å². The lowest BCUT2D eigenvalue weighted by Gasteiger charge is -2.25. The number of benzene rings is 2. The lowest BCUT2D eigenvalue weighted by molar-refractivity contribution is -0.154. The average molecular weight is 476 g/mol.